The van der Waals surface area contributed by atoms with E-state index in [2.05, 4.69) is 16.5 Å². The average Bonchev–Trinajstić information content (AvgIpc) is 3.28. The predicted molar refractivity (Wildman–Crippen MR) is 126 cm³/mol. The molecule has 0 saturated carbocycles. The molecule has 168 valence electrons. The number of hydrogen-bond acceptors (Lipinski definition) is 6. The molecule has 7 nitrogen and oxygen atoms in total. The Hall–Kier alpha value is -3.10. The van der Waals surface area contributed by atoms with E-state index in [0.717, 1.165) is 11.3 Å². The fraction of sp³-hybridized carbons (Fsp3) is 0.292. The Morgan fingerprint density at radius 2 is 1.97 bits per heavy atom. The first-order valence-electron chi connectivity index (χ1n) is 10.5. The van der Waals surface area contributed by atoms with E-state index in [0.29, 0.717) is 62.1 Å². The first-order chi connectivity index (χ1) is 15.4. The fourth-order valence-corrected chi connectivity index (χ4v) is 5.35. The van der Waals surface area contributed by atoms with Crippen LogP contribution in [0.5, 0.6) is 5.75 Å². The van der Waals surface area contributed by atoms with Gasteiger partial charge in [-0.15, -0.1) is 0 Å². The molecular weight excluding hydrogens is 426 g/mol. The van der Waals surface area contributed by atoms with Crippen molar-refractivity contribution in [2.24, 2.45) is 10.7 Å². The van der Waals surface area contributed by atoms with Gasteiger partial charge in [-0.1, -0.05) is 24.8 Å². The third-order valence-corrected chi connectivity index (χ3v) is 7.26. The van der Waals surface area contributed by atoms with Crippen LogP contribution in [0, 0.1) is 0 Å². The number of nitrogens with zero attached hydrogens (tertiary/aromatic N) is 2. The van der Waals surface area contributed by atoms with Crippen molar-refractivity contribution in [1.82, 2.24) is 0 Å². The summed E-state index contributed by atoms with van der Waals surface area (Å²) in [4.78, 5) is 6.68. The molecule has 0 aromatic heterocycles. The molecule has 0 bridgehead atoms. The summed E-state index contributed by atoms with van der Waals surface area (Å²) in [6.07, 6.45) is 3.95. The summed E-state index contributed by atoms with van der Waals surface area (Å²) in [5.74, 6) is 0.854. The molecule has 2 aromatic rings. The largest absolute Gasteiger partial charge is 0.492 e. The van der Waals surface area contributed by atoms with Crippen molar-refractivity contribution in [2.75, 3.05) is 37.8 Å². The van der Waals surface area contributed by atoms with Crippen molar-refractivity contribution in [1.29, 1.82) is 0 Å². The van der Waals surface area contributed by atoms with Crippen LogP contribution in [0.2, 0.25) is 0 Å². The van der Waals surface area contributed by atoms with Crippen LogP contribution in [0.25, 0.3) is 5.57 Å². The quantitative estimate of drug-likeness (QED) is 0.410. The number of aliphatic imine (C=N–C) groups is 1. The first kappa shape index (κ1) is 22.1. The lowest BCUT2D eigenvalue weighted by atomic mass is 10.1. The van der Waals surface area contributed by atoms with Gasteiger partial charge in [0.1, 0.15) is 10.6 Å². The van der Waals surface area contributed by atoms with Gasteiger partial charge in [0.15, 0.2) is 0 Å². The van der Waals surface area contributed by atoms with Crippen molar-refractivity contribution >= 4 is 26.9 Å². The Labute approximate surface area is 188 Å². The number of para-hydroxylation sites is 1. The van der Waals surface area contributed by atoms with Crippen LogP contribution in [0.1, 0.15) is 18.1 Å². The maximum absolute atomic E-state index is 13.7. The molecular formula is C24H27N3O4S. The molecule has 4 rings (SSSR count). The van der Waals surface area contributed by atoms with Gasteiger partial charge >= 0.3 is 0 Å². The lowest BCUT2D eigenvalue weighted by Gasteiger charge is -2.29. The standard InChI is InChI=1S/C24H27N3O4S/c1-3-18(16-26-17(2)25)20-13-21(27-8-11-30-12-9-27)15-22(14-20)32(28,29)23-6-4-5-19-7-10-31-24(19)23/h3-6,13-16H,1,7-12H2,2H3,(H2,25,26)/b18-16+. The van der Waals surface area contributed by atoms with Gasteiger partial charge in [-0.3, -0.25) is 0 Å². The molecule has 0 aliphatic carbocycles. The highest BCUT2D eigenvalue weighted by Crippen LogP contribution is 2.38. The summed E-state index contributed by atoms with van der Waals surface area (Å²) in [6, 6.07) is 10.6. The van der Waals surface area contributed by atoms with Crippen LogP contribution in [-0.2, 0) is 21.0 Å². The van der Waals surface area contributed by atoms with Gasteiger partial charge in [-0.05, 0) is 47.9 Å². The average molecular weight is 454 g/mol. The minimum absolute atomic E-state index is 0.192. The van der Waals surface area contributed by atoms with E-state index in [1.807, 2.05) is 12.1 Å². The van der Waals surface area contributed by atoms with Gasteiger partial charge < -0.3 is 20.1 Å². The number of rotatable bonds is 6. The number of benzene rings is 2. The van der Waals surface area contributed by atoms with Crippen molar-refractivity contribution in [3.63, 3.8) is 0 Å². The molecule has 8 heteroatoms. The molecule has 0 unspecified atom stereocenters. The fourth-order valence-electron chi connectivity index (χ4n) is 3.85. The Kier molecular flexibility index (Phi) is 6.34. The lowest BCUT2D eigenvalue weighted by Crippen LogP contribution is -2.36. The van der Waals surface area contributed by atoms with E-state index in [4.69, 9.17) is 15.2 Å². The second-order valence-corrected chi connectivity index (χ2v) is 9.64. The number of anilines is 1. The number of ether oxygens (including phenoxy) is 2. The van der Waals surface area contributed by atoms with Crippen molar-refractivity contribution in [2.45, 2.75) is 23.1 Å². The van der Waals surface area contributed by atoms with E-state index >= 15 is 0 Å². The number of nitrogens with two attached hydrogens (primary N) is 1. The number of morpholine rings is 1. The Morgan fingerprint density at radius 3 is 2.69 bits per heavy atom. The van der Waals surface area contributed by atoms with Gasteiger partial charge in [0, 0.05) is 31.4 Å². The van der Waals surface area contributed by atoms with E-state index < -0.39 is 9.84 Å². The number of hydrogen-bond donors (Lipinski definition) is 1. The van der Waals surface area contributed by atoms with Crippen LogP contribution >= 0.6 is 0 Å². The number of amidine groups is 1. The van der Waals surface area contributed by atoms with Crippen LogP contribution in [0.15, 0.2) is 70.0 Å². The third-order valence-electron chi connectivity index (χ3n) is 5.51. The molecule has 2 aromatic carbocycles. The summed E-state index contributed by atoms with van der Waals surface area (Å²) >= 11 is 0. The van der Waals surface area contributed by atoms with E-state index in [9.17, 15) is 8.42 Å². The smallest absolute Gasteiger partial charge is 0.210 e. The van der Waals surface area contributed by atoms with Gasteiger partial charge in [0.2, 0.25) is 9.84 Å². The van der Waals surface area contributed by atoms with Gasteiger partial charge in [-0.25, -0.2) is 13.4 Å². The Morgan fingerprint density at radius 1 is 1.19 bits per heavy atom. The first-order valence-corrected chi connectivity index (χ1v) is 12.0. The summed E-state index contributed by atoms with van der Waals surface area (Å²) in [6.45, 7) is 8.59. The molecule has 0 atom stereocenters. The van der Waals surface area contributed by atoms with E-state index in [-0.39, 0.29) is 9.79 Å². The summed E-state index contributed by atoms with van der Waals surface area (Å²) in [5, 5.41) is 0. The molecule has 2 aliphatic rings. The van der Waals surface area contributed by atoms with Crippen LogP contribution in [0.3, 0.4) is 0 Å². The normalized spacial score (nSPS) is 17.1. The van der Waals surface area contributed by atoms with E-state index in [1.54, 1.807) is 43.5 Å². The zero-order chi connectivity index (χ0) is 22.7. The zero-order valence-electron chi connectivity index (χ0n) is 18.1. The third kappa shape index (κ3) is 4.42. The molecule has 0 spiro atoms. The van der Waals surface area contributed by atoms with E-state index in [1.165, 1.54) is 0 Å². The highest BCUT2D eigenvalue weighted by Gasteiger charge is 2.28. The van der Waals surface area contributed by atoms with Gasteiger partial charge in [0.25, 0.3) is 0 Å². The molecule has 0 amide bonds. The van der Waals surface area contributed by atoms with Crippen molar-refractivity contribution in [3.05, 3.63) is 66.4 Å². The highest BCUT2D eigenvalue weighted by atomic mass is 32.2. The molecule has 0 radical (unpaired) electrons. The lowest BCUT2D eigenvalue weighted by molar-refractivity contribution is 0.122. The van der Waals surface area contributed by atoms with Crippen molar-refractivity contribution < 1.29 is 17.9 Å². The zero-order valence-corrected chi connectivity index (χ0v) is 18.9. The molecule has 2 N–H and O–H groups in total. The second-order valence-electron chi connectivity index (χ2n) is 7.72. The van der Waals surface area contributed by atoms with Gasteiger partial charge in [-0.2, -0.15) is 0 Å². The van der Waals surface area contributed by atoms with Crippen LogP contribution in [-0.4, -0.2) is 47.2 Å². The molecule has 1 saturated heterocycles. The predicted octanol–water partition coefficient (Wildman–Crippen LogP) is 3.19. The summed E-state index contributed by atoms with van der Waals surface area (Å²) < 4.78 is 38.6. The Bertz CT molecular complexity index is 1190. The maximum atomic E-state index is 13.7. The Balaban J connectivity index is 1.87. The maximum Gasteiger partial charge on any atom is 0.210 e. The van der Waals surface area contributed by atoms with Crippen molar-refractivity contribution in [3.8, 4) is 5.75 Å². The molecule has 1 fully saturated rings. The number of sulfone groups is 1. The van der Waals surface area contributed by atoms with Crippen LogP contribution in [0.4, 0.5) is 5.69 Å². The summed E-state index contributed by atoms with van der Waals surface area (Å²) in [7, 11) is -3.83. The second kappa shape index (κ2) is 9.18. The number of fused-ring (bicyclic) bond motifs is 1. The molecule has 32 heavy (non-hydrogen) atoms. The molecule has 2 heterocycles. The number of allylic oxidation sites excluding steroid dienone is 2. The SMILES string of the molecule is C=C/C(=C\N=C(/C)N)c1cc(N2CCOCC2)cc(S(=O)(=O)c2cccc3c2OCC3)c1. The van der Waals surface area contributed by atoms with Gasteiger partial charge in [0.05, 0.1) is 30.6 Å². The topological polar surface area (TPSA) is 94.2 Å². The minimum Gasteiger partial charge on any atom is -0.492 e. The highest BCUT2D eigenvalue weighted by molar-refractivity contribution is 7.91. The monoisotopic (exact) mass is 453 g/mol. The minimum atomic E-state index is -3.83. The summed E-state index contributed by atoms with van der Waals surface area (Å²) in [5.41, 5.74) is 8.78. The van der Waals surface area contributed by atoms with Crippen LogP contribution < -0.4 is 15.4 Å². The molecule has 2 aliphatic heterocycles.